The van der Waals surface area contributed by atoms with E-state index in [-0.39, 0.29) is 112 Å². The molecule has 0 N–H and O–H groups in total. The number of nitrogens with zero attached hydrogens (tertiary/aromatic N) is 4. The molecule has 0 saturated carbocycles. The van der Waals surface area contributed by atoms with Crippen LogP contribution < -0.4 is 9.80 Å². The number of fused-ring (bicyclic) bond motifs is 12. The fourth-order valence-corrected chi connectivity index (χ4v) is 10.3. The molecule has 0 bridgehead atoms. The molecule has 4 heteroatoms. The molecule has 0 fully saturated rings. The smallest absolute Gasteiger partial charge is 0.0653 e. The van der Waals surface area contributed by atoms with Gasteiger partial charge in [0, 0.05) is 65.8 Å². The molecule has 9 aromatic carbocycles. The van der Waals surface area contributed by atoms with E-state index in [1.807, 2.05) is 138 Å². The van der Waals surface area contributed by atoms with Crippen molar-refractivity contribution in [2.75, 3.05) is 9.80 Å². The van der Waals surface area contributed by atoms with Crippen LogP contribution in [0.25, 0.3) is 76.2 Å². The van der Waals surface area contributed by atoms with Gasteiger partial charge in [0.1, 0.15) is 0 Å². The Morgan fingerprint density at radius 1 is 0.333 bits per heavy atom. The molecule has 0 aliphatic carbocycles. The highest BCUT2D eigenvalue weighted by Gasteiger charge is 2.28. The number of aromatic nitrogens is 2. The van der Waals surface area contributed by atoms with Gasteiger partial charge in [-0.1, -0.05) is 96.9 Å². The van der Waals surface area contributed by atoms with Crippen LogP contribution in [0.15, 0.2) is 157 Å². The van der Waals surface area contributed by atoms with Gasteiger partial charge in [0.25, 0.3) is 0 Å². The van der Waals surface area contributed by atoms with E-state index < -0.39 is 60.4 Å². The first-order valence-electron chi connectivity index (χ1n) is 29.1. The summed E-state index contributed by atoms with van der Waals surface area (Å²) in [4.78, 5) is 3.74. The summed E-state index contributed by atoms with van der Waals surface area (Å²) in [6.07, 6.45) is 0. The minimum Gasteiger partial charge on any atom is -0.309 e. The van der Waals surface area contributed by atoms with Gasteiger partial charge in [-0.3, -0.25) is 0 Å². The van der Waals surface area contributed by atoms with E-state index in [0.29, 0.717) is 22.7 Å². The zero-order chi connectivity index (χ0) is 57.0. The van der Waals surface area contributed by atoms with Crippen LogP contribution in [0, 0.1) is 55.4 Å². The van der Waals surface area contributed by atoms with Crippen LogP contribution in [-0.2, 0) is 0 Å². The number of aryl methyl sites for hydroxylation is 8. The molecule has 0 amide bonds. The van der Waals surface area contributed by atoms with Crippen molar-refractivity contribution in [3.8, 4) is 0 Å². The molecular weight excluding hydrogens is 801 g/mol. The van der Waals surface area contributed by atoms with Gasteiger partial charge in [0.05, 0.1) is 63.7 Å². The average molecular weight is 865 g/mol. The molecule has 0 aliphatic heterocycles. The summed E-state index contributed by atoms with van der Waals surface area (Å²) in [7, 11) is 0. The Balaban J connectivity index is 1.28. The number of rotatable bonds is 6. The summed E-state index contributed by atoms with van der Waals surface area (Å²) < 4.78 is 141. The second-order valence-electron chi connectivity index (χ2n) is 18.0. The molecule has 0 atom stereocenters. The molecule has 318 valence electrons. The van der Waals surface area contributed by atoms with Crippen molar-refractivity contribution in [3.63, 3.8) is 0 Å². The number of hydrogen-bond donors (Lipinski definition) is 0. The van der Waals surface area contributed by atoms with E-state index >= 15 is 0 Å². The van der Waals surface area contributed by atoms with Crippen molar-refractivity contribution in [2.24, 2.45) is 0 Å². The van der Waals surface area contributed by atoms with E-state index in [4.69, 9.17) is 0 Å². The summed E-state index contributed by atoms with van der Waals surface area (Å²) in [6, 6.07) is 17.7. The van der Waals surface area contributed by atoms with Crippen molar-refractivity contribution in [1.29, 1.82) is 0 Å². The lowest BCUT2D eigenvalue weighted by Crippen LogP contribution is -2.13. The number of anilines is 6. The van der Waals surface area contributed by atoms with Crippen molar-refractivity contribution in [1.82, 2.24) is 8.80 Å². The monoisotopic (exact) mass is 864 g/mol. The first-order valence-corrected chi connectivity index (χ1v) is 22.1. The molecule has 66 heavy (non-hydrogen) atoms. The van der Waals surface area contributed by atoms with Gasteiger partial charge in [-0.25, -0.2) is 0 Å². The molecule has 13 aromatic rings. The van der Waals surface area contributed by atoms with Gasteiger partial charge in [0.2, 0.25) is 0 Å². The standard InChI is InChI=1S/C62H50N4/c1-35-21-25-39(5)53(29-35)63(54-30-36(2)22-26-40(54)6)49-17-11-19-51-59(49)45-15-9-13-43-47-34-58-48(33-57(47)65(51)61(43)45)44-14-10-16-46-60-50(18-12-20-52(60)66(58)62(44)46)64(55-31-37(3)23-27-41(55)7)56-32-38(4)24-28-42(56)8/h9-34H,1-8H3/i9D,10D,11D,12D,13D,14D,15D,16D,17D,18D,19D,20D,33D,34D. The predicted octanol–water partition coefficient (Wildman–Crippen LogP) is 17.4. The third kappa shape index (κ3) is 5.27. The molecule has 4 nitrogen and oxygen atoms in total. The van der Waals surface area contributed by atoms with Crippen molar-refractivity contribution in [2.45, 2.75) is 55.4 Å². The minimum absolute atomic E-state index is 0.00263. The topological polar surface area (TPSA) is 15.3 Å². The SMILES string of the molecule is [2H]c1c([2H])c([2H])c2c(c1N(c1cc(C)ccc1C)c1cc(C)ccc1C)c1c([2H])c([2H])c([2H])c3c4c([2H])c5c(c([2H])c4n2c13)c1c([2H])c([2H])c([2H])c2c3c(N(c4cc(C)ccc4C)c4cc(C)ccc4C)c([2H])c([2H])c([2H])c3n5c21. The van der Waals surface area contributed by atoms with Crippen LogP contribution in [0.1, 0.15) is 63.7 Å². The molecule has 0 radical (unpaired) electrons. The summed E-state index contributed by atoms with van der Waals surface area (Å²) in [6.45, 7) is 15.5. The second-order valence-corrected chi connectivity index (χ2v) is 18.0. The molecule has 4 heterocycles. The Morgan fingerprint density at radius 2 is 0.652 bits per heavy atom. The van der Waals surface area contributed by atoms with E-state index in [9.17, 15) is 19.2 Å². The Morgan fingerprint density at radius 3 is 1.00 bits per heavy atom. The average Bonchev–Trinajstić information content (AvgIpc) is 2.93. The third-order valence-electron chi connectivity index (χ3n) is 13.5. The number of para-hydroxylation sites is 2. The van der Waals surface area contributed by atoms with E-state index in [2.05, 4.69) is 0 Å². The Hall–Kier alpha value is -7.82. The summed E-state index contributed by atoms with van der Waals surface area (Å²) in [5.74, 6) is 0. The van der Waals surface area contributed by atoms with Gasteiger partial charge >= 0.3 is 0 Å². The van der Waals surface area contributed by atoms with Crippen molar-refractivity contribution in [3.05, 3.63) is 202 Å². The van der Waals surface area contributed by atoms with E-state index in [1.54, 1.807) is 0 Å². The Labute approximate surface area is 404 Å². The zero-order valence-corrected chi connectivity index (χ0v) is 37.7. The maximum atomic E-state index is 10.5. The van der Waals surface area contributed by atoms with Gasteiger partial charge < -0.3 is 18.6 Å². The quantitative estimate of drug-likeness (QED) is 0.165. The zero-order valence-electron chi connectivity index (χ0n) is 51.7. The lowest BCUT2D eigenvalue weighted by Gasteiger charge is -2.30. The van der Waals surface area contributed by atoms with Gasteiger partial charge in [-0.15, -0.1) is 0 Å². The van der Waals surface area contributed by atoms with Crippen LogP contribution in [0.4, 0.5) is 34.1 Å². The maximum absolute atomic E-state index is 10.5. The summed E-state index contributed by atoms with van der Waals surface area (Å²) >= 11 is 0. The second kappa shape index (κ2) is 13.8. The van der Waals surface area contributed by atoms with Crippen LogP contribution in [0.3, 0.4) is 0 Å². The minimum atomic E-state index is -0.518. The van der Waals surface area contributed by atoms with Gasteiger partial charge in [-0.05, 0) is 160 Å². The van der Waals surface area contributed by atoms with E-state index in [0.717, 1.165) is 44.5 Å². The Bertz CT molecular complexity index is 4580. The van der Waals surface area contributed by atoms with Crippen LogP contribution in [0.2, 0.25) is 0 Å². The highest BCUT2D eigenvalue weighted by Crippen LogP contribution is 2.51. The van der Waals surface area contributed by atoms with Gasteiger partial charge in [-0.2, -0.15) is 0 Å². The molecule has 4 aromatic heterocycles. The largest absolute Gasteiger partial charge is 0.309 e. The third-order valence-corrected chi connectivity index (χ3v) is 13.5. The molecule has 0 saturated heterocycles. The van der Waals surface area contributed by atoms with E-state index in [1.165, 1.54) is 8.80 Å². The molecule has 13 rings (SSSR count). The van der Waals surface area contributed by atoms with Crippen LogP contribution >= 0.6 is 0 Å². The maximum Gasteiger partial charge on any atom is 0.0653 e. The molecule has 0 aliphatic rings. The molecule has 0 unspecified atom stereocenters. The number of benzene rings is 9. The van der Waals surface area contributed by atoms with Gasteiger partial charge in [0.15, 0.2) is 0 Å². The fraction of sp³-hybridized carbons (Fsp3) is 0.129. The number of hydrogen-bond acceptors (Lipinski definition) is 2. The molecule has 0 spiro atoms. The van der Waals surface area contributed by atoms with Crippen molar-refractivity contribution < 1.29 is 19.2 Å². The first-order chi connectivity index (χ1) is 37.9. The summed E-state index contributed by atoms with van der Waals surface area (Å²) in [5.41, 5.74) is 9.99. The summed E-state index contributed by atoms with van der Waals surface area (Å²) in [5, 5.41) is 0.421. The lowest BCUT2D eigenvalue weighted by molar-refractivity contribution is 1.21. The highest BCUT2D eigenvalue weighted by molar-refractivity contribution is 6.31. The molecular formula is C62H50N4. The highest BCUT2D eigenvalue weighted by atomic mass is 15.2. The fourth-order valence-electron chi connectivity index (χ4n) is 10.3. The first kappa shape index (κ1) is 26.8. The van der Waals surface area contributed by atoms with Crippen LogP contribution in [-0.4, -0.2) is 8.80 Å². The Kier molecular flexibility index (Phi) is 5.63. The van der Waals surface area contributed by atoms with Crippen LogP contribution in [0.5, 0.6) is 0 Å². The lowest BCUT2D eigenvalue weighted by atomic mass is 10.0. The van der Waals surface area contributed by atoms with Crippen molar-refractivity contribution >= 4 is 110 Å². The normalized spacial score (nSPS) is 15.2. The predicted molar refractivity (Wildman–Crippen MR) is 283 cm³/mol.